The van der Waals surface area contributed by atoms with Crippen molar-refractivity contribution in [3.05, 3.63) is 58.6 Å². The first-order chi connectivity index (χ1) is 9.72. The van der Waals surface area contributed by atoms with Gasteiger partial charge in [0.2, 0.25) is 0 Å². The summed E-state index contributed by atoms with van der Waals surface area (Å²) in [5.41, 5.74) is 2.26. The Kier molecular flexibility index (Phi) is 5.27. The second kappa shape index (κ2) is 7.17. The van der Waals surface area contributed by atoms with E-state index in [1.165, 1.54) is 5.56 Å². The van der Waals surface area contributed by atoms with Gasteiger partial charge < -0.3 is 14.8 Å². The van der Waals surface area contributed by atoms with Crippen LogP contribution >= 0.6 is 11.6 Å². The molecule has 0 saturated carbocycles. The molecule has 0 bridgehead atoms. The van der Waals surface area contributed by atoms with Crippen molar-refractivity contribution in [1.82, 2.24) is 5.32 Å². The van der Waals surface area contributed by atoms with Gasteiger partial charge in [-0.05, 0) is 35.9 Å². The molecule has 0 fully saturated rings. The standard InChI is InChI=1S/C16H18ClNO2/c1-19-15-7-8-16(20-2)13(9-15)11-18-10-12-3-5-14(17)6-4-12/h3-9,18H,10-11H2,1-2H3. The molecule has 0 atom stereocenters. The van der Waals surface area contributed by atoms with Crippen molar-refractivity contribution >= 4 is 11.6 Å². The average molecular weight is 292 g/mol. The smallest absolute Gasteiger partial charge is 0.123 e. The Hall–Kier alpha value is -1.71. The number of halogens is 1. The van der Waals surface area contributed by atoms with Crippen molar-refractivity contribution in [3.8, 4) is 11.5 Å². The maximum atomic E-state index is 5.86. The number of hydrogen-bond donors (Lipinski definition) is 1. The van der Waals surface area contributed by atoms with Gasteiger partial charge in [0.15, 0.2) is 0 Å². The van der Waals surface area contributed by atoms with Crippen LogP contribution in [0.1, 0.15) is 11.1 Å². The van der Waals surface area contributed by atoms with Crippen molar-refractivity contribution in [3.63, 3.8) is 0 Å². The first-order valence-corrected chi connectivity index (χ1v) is 6.77. The highest BCUT2D eigenvalue weighted by Crippen LogP contribution is 2.23. The van der Waals surface area contributed by atoms with Gasteiger partial charge in [0.1, 0.15) is 11.5 Å². The summed E-state index contributed by atoms with van der Waals surface area (Å²) in [6.45, 7) is 1.49. The fourth-order valence-electron chi connectivity index (χ4n) is 1.96. The molecule has 0 aliphatic carbocycles. The van der Waals surface area contributed by atoms with Crippen molar-refractivity contribution in [2.45, 2.75) is 13.1 Å². The van der Waals surface area contributed by atoms with Gasteiger partial charge in [0.25, 0.3) is 0 Å². The highest BCUT2D eigenvalue weighted by atomic mass is 35.5. The molecule has 2 aromatic rings. The third-order valence-electron chi connectivity index (χ3n) is 3.05. The molecule has 106 valence electrons. The van der Waals surface area contributed by atoms with Gasteiger partial charge in [-0.2, -0.15) is 0 Å². The lowest BCUT2D eigenvalue weighted by molar-refractivity contribution is 0.397. The van der Waals surface area contributed by atoms with Gasteiger partial charge in [-0.1, -0.05) is 23.7 Å². The molecule has 0 amide bonds. The van der Waals surface area contributed by atoms with E-state index in [1.807, 2.05) is 42.5 Å². The molecule has 0 aromatic heterocycles. The summed E-state index contributed by atoms with van der Waals surface area (Å²) in [4.78, 5) is 0. The van der Waals surface area contributed by atoms with Gasteiger partial charge in [-0.3, -0.25) is 0 Å². The van der Waals surface area contributed by atoms with E-state index in [9.17, 15) is 0 Å². The van der Waals surface area contributed by atoms with E-state index < -0.39 is 0 Å². The van der Waals surface area contributed by atoms with Crippen LogP contribution in [0.3, 0.4) is 0 Å². The molecule has 1 N–H and O–H groups in total. The zero-order chi connectivity index (χ0) is 14.4. The third kappa shape index (κ3) is 3.89. The van der Waals surface area contributed by atoms with Crippen LogP contribution in [-0.4, -0.2) is 14.2 Å². The molecule has 2 rings (SSSR count). The largest absolute Gasteiger partial charge is 0.497 e. The molecule has 0 heterocycles. The zero-order valence-corrected chi connectivity index (χ0v) is 12.4. The molecular weight excluding hydrogens is 274 g/mol. The summed E-state index contributed by atoms with van der Waals surface area (Å²) in [7, 11) is 3.33. The van der Waals surface area contributed by atoms with Gasteiger partial charge in [-0.25, -0.2) is 0 Å². The lowest BCUT2D eigenvalue weighted by atomic mass is 10.1. The highest BCUT2D eigenvalue weighted by molar-refractivity contribution is 6.30. The fraction of sp³-hybridized carbons (Fsp3) is 0.250. The fourth-order valence-corrected chi connectivity index (χ4v) is 2.09. The van der Waals surface area contributed by atoms with Crippen LogP contribution in [0, 0.1) is 0 Å². The van der Waals surface area contributed by atoms with Gasteiger partial charge >= 0.3 is 0 Å². The molecule has 4 heteroatoms. The summed E-state index contributed by atoms with van der Waals surface area (Å²) in [6, 6.07) is 13.6. The number of ether oxygens (including phenoxy) is 2. The minimum atomic E-state index is 0.711. The topological polar surface area (TPSA) is 30.5 Å². The molecule has 3 nitrogen and oxygen atoms in total. The molecule has 0 aliphatic heterocycles. The van der Waals surface area contributed by atoms with E-state index in [-0.39, 0.29) is 0 Å². The predicted octanol–water partition coefficient (Wildman–Crippen LogP) is 3.65. The molecule has 0 radical (unpaired) electrons. The SMILES string of the molecule is COc1ccc(OC)c(CNCc2ccc(Cl)cc2)c1. The summed E-state index contributed by atoms with van der Waals surface area (Å²) in [6.07, 6.45) is 0. The van der Waals surface area contributed by atoms with E-state index in [4.69, 9.17) is 21.1 Å². The Morgan fingerprint density at radius 1 is 0.950 bits per heavy atom. The van der Waals surface area contributed by atoms with Crippen molar-refractivity contribution < 1.29 is 9.47 Å². The molecule has 0 spiro atoms. The van der Waals surface area contributed by atoms with E-state index in [2.05, 4.69) is 5.32 Å². The quantitative estimate of drug-likeness (QED) is 0.881. The monoisotopic (exact) mass is 291 g/mol. The number of nitrogens with one attached hydrogen (secondary N) is 1. The first kappa shape index (κ1) is 14.7. The first-order valence-electron chi connectivity index (χ1n) is 6.39. The van der Waals surface area contributed by atoms with Crippen LogP contribution in [0.25, 0.3) is 0 Å². The molecule has 0 aliphatic rings. The van der Waals surface area contributed by atoms with Crippen LogP contribution in [0.2, 0.25) is 5.02 Å². The molecule has 2 aromatic carbocycles. The Morgan fingerprint density at radius 3 is 2.35 bits per heavy atom. The van der Waals surface area contributed by atoms with E-state index in [1.54, 1.807) is 14.2 Å². The maximum absolute atomic E-state index is 5.86. The number of rotatable bonds is 6. The average Bonchev–Trinajstić information content (AvgIpc) is 2.49. The Morgan fingerprint density at radius 2 is 1.70 bits per heavy atom. The maximum Gasteiger partial charge on any atom is 0.123 e. The predicted molar refractivity (Wildman–Crippen MR) is 81.5 cm³/mol. The highest BCUT2D eigenvalue weighted by Gasteiger charge is 2.04. The molecular formula is C16H18ClNO2. The zero-order valence-electron chi connectivity index (χ0n) is 11.7. The third-order valence-corrected chi connectivity index (χ3v) is 3.30. The lowest BCUT2D eigenvalue weighted by Crippen LogP contribution is -2.13. The summed E-state index contributed by atoms with van der Waals surface area (Å²) in [5, 5.41) is 4.14. The van der Waals surface area contributed by atoms with Crippen molar-refractivity contribution in [2.24, 2.45) is 0 Å². The van der Waals surface area contributed by atoms with E-state index in [0.717, 1.165) is 28.6 Å². The minimum Gasteiger partial charge on any atom is -0.497 e. The number of benzene rings is 2. The van der Waals surface area contributed by atoms with Crippen LogP contribution in [0.4, 0.5) is 0 Å². The summed E-state index contributed by atoms with van der Waals surface area (Å²) < 4.78 is 10.6. The summed E-state index contributed by atoms with van der Waals surface area (Å²) >= 11 is 5.86. The van der Waals surface area contributed by atoms with Gasteiger partial charge in [0.05, 0.1) is 14.2 Å². The number of methoxy groups -OCH3 is 2. The van der Waals surface area contributed by atoms with Crippen LogP contribution in [0.15, 0.2) is 42.5 Å². The normalized spacial score (nSPS) is 10.3. The van der Waals surface area contributed by atoms with Crippen molar-refractivity contribution in [2.75, 3.05) is 14.2 Å². The molecule has 0 unspecified atom stereocenters. The van der Waals surface area contributed by atoms with Crippen LogP contribution in [0.5, 0.6) is 11.5 Å². The van der Waals surface area contributed by atoms with Gasteiger partial charge in [0, 0.05) is 23.7 Å². The Bertz CT molecular complexity index is 555. The van der Waals surface area contributed by atoms with E-state index >= 15 is 0 Å². The van der Waals surface area contributed by atoms with Crippen LogP contribution in [-0.2, 0) is 13.1 Å². The van der Waals surface area contributed by atoms with Crippen LogP contribution < -0.4 is 14.8 Å². The second-order valence-electron chi connectivity index (χ2n) is 4.41. The number of hydrogen-bond acceptors (Lipinski definition) is 3. The minimum absolute atomic E-state index is 0.711. The lowest BCUT2D eigenvalue weighted by Gasteiger charge is -2.11. The second-order valence-corrected chi connectivity index (χ2v) is 4.84. The molecule has 20 heavy (non-hydrogen) atoms. The van der Waals surface area contributed by atoms with Crippen molar-refractivity contribution in [1.29, 1.82) is 0 Å². The Labute approximate surface area is 124 Å². The van der Waals surface area contributed by atoms with E-state index in [0.29, 0.717) is 6.54 Å². The summed E-state index contributed by atoms with van der Waals surface area (Å²) in [5.74, 6) is 1.68. The molecule has 0 saturated heterocycles. The van der Waals surface area contributed by atoms with Gasteiger partial charge in [-0.15, -0.1) is 0 Å². The Balaban J connectivity index is 1.97.